The Bertz CT molecular complexity index is 1250. The third kappa shape index (κ3) is 4.30. The number of carbonyl (C=O) groups is 2. The molecule has 4 aromatic rings. The summed E-state index contributed by atoms with van der Waals surface area (Å²) >= 11 is 0. The van der Waals surface area contributed by atoms with E-state index in [0.717, 1.165) is 16.9 Å². The van der Waals surface area contributed by atoms with E-state index >= 15 is 0 Å². The molecule has 2 amide bonds. The van der Waals surface area contributed by atoms with Crippen LogP contribution in [0, 0.1) is 6.92 Å². The number of anilines is 1. The number of benzene rings is 2. The van der Waals surface area contributed by atoms with Crippen LogP contribution in [0.25, 0.3) is 5.65 Å². The molecular weight excluding hydrogens is 380 g/mol. The van der Waals surface area contributed by atoms with E-state index in [1.54, 1.807) is 42.5 Å². The fourth-order valence-electron chi connectivity index (χ4n) is 3.06. The van der Waals surface area contributed by atoms with Gasteiger partial charge in [-0.2, -0.15) is 0 Å². The highest BCUT2D eigenvalue weighted by Crippen LogP contribution is 2.18. The lowest BCUT2D eigenvalue weighted by Crippen LogP contribution is -2.14. The number of carbonyl (C=O) groups excluding carboxylic acids is 2. The molecule has 0 spiro atoms. The number of fused-ring (bicyclic) bond motifs is 1. The van der Waals surface area contributed by atoms with E-state index < -0.39 is 5.91 Å². The molecule has 0 aliphatic carbocycles. The highest BCUT2D eigenvalue weighted by atomic mass is 16.5. The maximum absolute atomic E-state index is 12.6. The van der Waals surface area contributed by atoms with Gasteiger partial charge < -0.3 is 20.2 Å². The molecule has 30 heavy (non-hydrogen) atoms. The molecule has 0 aliphatic heterocycles. The van der Waals surface area contributed by atoms with Crippen LogP contribution in [0.1, 0.15) is 32.0 Å². The normalized spacial score (nSPS) is 10.7. The van der Waals surface area contributed by atoms with Crippen molar-refractivity contribution in [2.45, 2.75) is 13.5 Å². The third-order valence-electron chi connectivity index (χ3n) is 4.54. The van der Waals surface area contributed by atoms with E-state index in [1.807, 2.05) is 35.9 Å². The van der Waals surface area contributed by atoms with Gasteiger partial charge in [-0.05, 0) is 55.0 Å². The summed E-state index contributed by atoms with van der Waals surface area (Å²) in [6, 6.07) is 17.3. The van der Waals surface area contributed by atoms with Crippen molar-refractivity contribution in [1.82, 2.24) is 9.38 Å². The quantitative estimate of drug-likeness (QED) is 0.517. The van der Waals surface area contributed by atoms with E-state index in [1.165, 1.54) is 6.07 Å². The molecule has 2 aromatic carbocycles. The van der Waals surface area contributed by atoms with E-state index in [9.17, 15) is 9.59 Å². The van der Waals surface area contributed by atoms with E-state index in [0.29, 0.717) is 22.6 Å². The van der Waals surface area contributed by atoms with Gasteiger partial charge in [-0.3, -0.25) is 9.59 Å². The highest BCUT2D eigenvalue weighted by Gasteiger charge is 2.10. The smallest absolute Gasteiger partial charge is 0.255 e. The molecule has 0 aliphatic rings. The Labute approximate surface area is 173 Å². The molecule has 2 heterocycles. The number of hydrogen-bond acceptors (Lipinski definition) is 4. The van der Waals surface area contributed by atoms with Gasteiger partial charge in [0, 0.05) is 29.2 Å². The fourth-order valence-corrected chi connectivity index (χ4v) is 3.06. The Kier molecular flexibility index (Phi) is 5.17. The number of pyridine rings is 1. The van der Waals surface area contributed by atoms with Crippen molar-refractivity contribution in [1.29, 1.82) is 0 Å². The zero-order chi connectivity index (χ0) is 21.1. The van der Waals surface area contributed by atoms with Crippen LogP contribution in [0.5, 0.6) is 5.75 Å². The van der Waals surface area contributed by atoms with E-state index in [4.69, 9.17) is 10.5 Å². The predicted octanol–water partition coefficient (Wildman–Crippen LogP) is 3.57. The van der Waals surface area contributed by atoms with Crippen LogP contribution >= 0.6 is 0 Å². The molecule has 2 aromatic heterocycles. The average Bonchev–Trinajstić information content (AvgIpc) is 3.14. The highest BCUT2D eigenvalue weighted by molar-refractivity contribution is 6.05. The maximum atomic E-state index is 12.6. The molecule has 3 N–H and O–H groups in total. The summed E-state index contributed by atoms with van der Waals surface area (Å²) in [5.74, 6) is -0.310. The lowest BCUT2D eigenvalue weighted by Gasteiger charge is -2.08. The average molecular weight is 400 g/mol. The van der Waals surface area contributed by atoms with Crippen molar-refractivity contribution in [3.63, 3.8) is 0 Å². The van der Waals surface area contributed by atoms with Crippen molar-refractivity contribution in [3.05, 3.63) is 95.4 Å². The van der Waals surface area contributed by atoms with Gasteiger partial charge in [-0.1, -0.05) is 18.2 Å². The number of aromatic nitrogens is 2. The van der Waals surface area contributed by atoms with Gasteiger partial charge in [0.05, 0.1) is 5.69 Å². The summed E-state index contributed by atoms with van der Waals surface area (Å²) in [6.07, 6.45) is 3.93. The summed E-state index contributed by atoms with van der Waals surface area (Å²) in [5, 5.41) is 2.76. The number of primary amides is 1. The topological polar surface area (TPSA) is 98.7 Å². The van der Waals surface area contributed by atoms with Crippen LogP contribution in [0.3, 0.4) is 0 Å². The molecule has 4 rings (SSSR count). The number of aryl methyl sites for hydroxylation is 1. The summed E-state index contributed by atoms with van der Waals surface area (Å²) in [7, 11) is 0. The fraction of sp³-hybridized carbons (Fsp3) is 0.0870. The van der Waals surface area contributed by atoms with Gasteiger partial charge in [0.15, 0.2) is 0 Å². The first-order valence-corrected chi connectivity index (χ1v) is 9.36. The minimum Gasteiger partial charge on any atom is -0.487 e. The molecule has 0 saturated heterocycles. The van der Waals surface area contributed by atoms with Crippen molar-refractivity contribution >= 4 is 23.1 Å². The Balaban J connectivity index is 1.44. The molecule has 0 saturated carbocycles. The predicted molar refractivity (Wildman–Crippen MR) is 114 cm³/mol. The van der Waals surface area contributed by atoms with Crippen LogP contribution in [-0.2, 0) is 6.61 Å². The van der Waals surface area contributed by atoms with Crippen LogP contribution < -0.4 is 15.8 Å². The molecular formula is C23H20N4O3. The second kappa shape index (κ2) is 8.08. The van der Waals surface area contributed by atoms with Gasteiger partial charge in [-0.15, -0.1) is 0 Å². The second-order valence-corrected chi connectivity index (χ2v) is 6.92. The number of rotatable bonds is 6. The lowest BCUT2D eigenvalue weighted by molar-refractivity contribution is 0.0996. The zero-order valence-corrected chi connectivity index (χ0v) is 16.3. The monoisotopic (exact) mass is 400 g/mol. The summed E-state index contributed by atoms with van der Waals surface area (Å²) in [5.41, 5.74) is 9.32. The Hall–Kier alpha value is -4.13. The zero-order valence-electron chi connectivity index (χ0n) is 16.3. The van der Waals surface area contributed by atoms with E-state index in [-0.39, 0.29) is 12.5 Å². The summed E-state index contributed by atoms with van der Waals surface area (Å²) < 4.78 is 7.78. The Morgan fingerprint density at radius 3 is 2.67 bits per heavy atom. The summed E-state index contributed by atoms with van der Waals surface area (Å²) in [6.45, 7) is 2.31. The number of ether oxygens (including phenoxy) is 1. The molecule has 0 bridgehead atoms. The van der Waals surface area contributed by atoms with Crippen LogP contribution in [-0.4, -0.2) is 21.2 Å². The number of hydrogen-bond donors (Lipinski definition) is 2. The van der Waals surface area contributed by atoms with Crippen molar-refractivity contribution in [2.24, 2.45) is 5.73 Å². The minimum absolute atomic E-state index is 0.284. The molecule has 7 nitrogen and oxygen atoms in total. The molecule has 0 atom stereocenters. The van der Waals surface area contributed by atoms with Crippen molar-refractivity contribution in [2.75, 3.05) is 5.32 Å². The van der Waals surface area contributed by atoms with Gasteiger partial charge in [0.25, 0.3) is 5.91 Å². The number of nitrogens with one attached hydrogen (secondary N) is 1. The molecule has 0 fully saturated rings. The third-order valence-corrected chi connectivity index (χ3v) is 4.54. The minimum atomic E-state index is -0.552. The van der Waals surface area contributed by atoms with Gasteiger partial charge in [-0.25, -0.2) is 4.98 Å². The van der Waals surface area contributed by atoms with Crippen molar-refractivity contribution < 1.29 is 14.3 Å². The van der Waals surface area contributed by atoms with Gasteiger partial charge in [0.1, 0.15) is 18.0 Å². The molecule has 7 heteroatoms. The number of amides is 2. The number of nitrogens with zero attached hydrogens (tertiary/aromatic N) is 2. The van der Waals surface area contributed by atoms with Gasteiger partial charge in [0.2, 0.25) is 5.91 Å². The van der Waals surface area contributed by atoms with Crippen LogP contribution in [0.4, 0.5) is 5.69 Å². The Morgan fingerprint density at radius 2 is 1.83 bits per heavy atom. The molecule has 150 valence electrons. The SMILES string of the molecule is Cc1ccc2nc(COc3cccc(C(=O)Nc4cccc(C(N)=O)c4)c3)cn2c1. The first-order chi connectivity index (χ1) is 14.5. The molecule has 0 unspecified atom stereocenters. The number of imidazole rings is 1. The second-order valence-electron chi connectivity index (χ2n) is 6.92. The standard InChI is InChI=1S/C23H20N4O3/c1-15-8-9-21-25-19(13-27(21)12-15)14-30-20-7-3-5-17(11-20)23(29)26-18-6-2-4-16(10-18)22(24)28/h2-13H,14H2,1H3,(H2,24,28)(H,26,29). The van der Waals surface area contributed by atoms with Crippen LogP contribution in [0.15, 0.2) is 73.1 Å². The summed E-state index contributed by atoms with van der Waals surface area (Å²) in [4.78, 5) is 28.4. The van der Waals surface area contributed by atoms with Gasteiger partial charge >= 0.3 is 0 Å². The largest absolute Gasteiger partial charge is 0.487 e. The molecule has 0 radical (unpaired) electrons. The lowest BCUT2D eigenvalue weighted by atomic mass is 10.1. The maximum Gasteiger partial charge on any atom is 0.255 e. The Morgan fingerprint density at radius 1 is 1.03 bits per heavy atom. The number of nitrogens with two attached hydrogens (primary N) is 1. The van der Waals surface area contributed by atoms with Crippen molar-refractivity contribution in [3.8, 4) is 5.75 Å². The first-order valence-electron chi connectivity index (χ1n) is 9.36. The first kappa shape index (κ1) is 19.2. The van der Waals surface area contributed by atoms with Crippen LogP contribution in [0.2, 0.25) is 0 Å². The van der Waals surface area contributed by atoms with E-state index in [2.05, 4.69) is 10.3 Å².